The van der Waals surface area contributed by atoms with Crippen LogP contribution in [-0.4, -0.2) is 12.6 Å². The quantitative estimate of drug-likeness (QED) is 0.655. The summed E-state index contributed by atoms with van der Waals surface area (Å²) >= 11 is 2.62. The minimum Gasteiger partial charge on any atom is -0.314 e. The van der Waals surface area contributed by atoms with Crippen LogP contribution < -0.4 is 5.32 Å². The Morgan fingerprint density at radius 3 is 2.50 bits per heavy atom. The summed E-state index contributed by atoms with van der Waals surface area (Å²) in [5.74, 6) is 0. The average Bonchev–Trinajstić information content (AvgIpc) is 3.17. The van der Waals surface area contributed by atoms with Crippen LogP contribution >= 0.6 is 22.7 Å². The normalized spacial score (nSPS) is 19.5. The third-order valence-corrected chi connectivity index (χ3v) is 6.23. The second-order valence-electron chi connectivity index (χ2n) is 5.68. The highest BCUT2D eigenvalue weighted by Crippen LogP contribution is 2.46. The molecule has 3 heterocycles. The van der Waals surface area contributed by atoms with Gasteiger partial charge in [-0.15, -0.1) is 22.7 Å². The van der Waals surface area contributed by atoms with Crippen LogP contribution in [0.15, 0.2) is 22.9 Å². The lowest BCUT2D eigenvalue weighted by atomic mass is 9.96. The van der Waals surface area contributed by atoms with Gasteiger partial charge in [-0.1, -0.05) is 0 Å². The number of alkyl halides is 3. The van der Waals surface area contributed by atoms with Gasteiger partial charge in [-0.05, 0) is 59.6 Å². The van der Waals surface area contributed by atoms with E-state index >= 15 is 0 Å². The molecule has 0 saturated carbocycles. The van der Waals surface area contributed by atoms with Crippen molar-refractivity contribution in [3.63, 3.8) is 0 Å². The summed E-state index contributed by atoms with van der Waals surface area (Å²) in [7, 11) is 0. The summed E-state index contributed by atoms with van der Waals surface area (Å²) in [5, 5.41) is 8.14. The molecule has 0 spiro atoms. The van der Waals surface area contributed by atoms with Gasteiger partial charge in [0.25, 0.3) is 0 Å². The van der Waals surface area contributed by atoms with Crippen LogP contribution in [0.4, 0.5) is 13.2 Å². The fourth-order valence-corrected chi connectivity index (χ4v) is 5.36. The topological polar surface area (TPSA) is 12.0 Å². The average molecular weight is 341 g/mol. The third kappa shape index (κ3) is 2.25. The predicted molar refractivity (Wildman–Crippen MR) is 86.9 cm³/mol. The number of fused-ring (bicyclic) bond motifs is 2. The molecule has 0 aliphatic carbocycles. The van der Waals surface area contributed by atoms with Crippen molar-refractivity contribution in [3.05, 3.63) is 34.0 Å². The van der Waals surface area contributed by atoms with Gasteiger partial charge >= 0.3 is 6.18 Å². The Morgan fingerprint density at radius 1 is 1.09 bits per heavy atom. The smallest absolute Gasteiger partial charge is 0.314 e. The van der Waals surface area contributed by atoms with E-state index in [0.29, 0.717) is 16.1 Å². The molecule has 1 aromatic carbocycles. The molecular weight excluding hydrogens is 327 g/mol. The molecule has 2 aromatic heterocycles. The first kappa shape index (κ1) is 14.5. The van der Waals surface area contributed by atoms with Crippen molar-refractivity contribution in [3.8, 4) is 0 Å². The monoisotopic (exact) mass is 341 g/mol. The minimum atomic E-state index is -4.31. The fourth-order valence-electron chi connectivity index (χ4n) is 3.39. The van der Waals surface area contributed by atoms with Gasteiger partial charge in [-0.3, -0.25) is 0 Å². The van der Waals surface area contributed by atoms with Gasteiger partial charge < -0.3 is 5.32 Å². The van der Waals surface area contributed by atoms with Crippen LogP contribution in [0.3, 0.4) is 0 Å². The molecule has 1 aliphatic rings. The molecule has 1 N–H and O–H groups in total. The van der Waals surface area contributed by atoms with Crippen molar-refractivity contribution in [2.75, 3.05) is 6.54 Å². The third-order valence-electron chi connectivity index (χ3n) is 4.32. The first-order chi connectivity index (χ1) is 10.6. The highest BCUT2D eigenvalue weighted by molar-refractivity contribution is 7.19. The Morgan fingerprint density at radius 2 is 1.82 bits per heavy atom. The van der Waals surface area contributed by atoms with E-state index in [2.05, 4.69) is 5.32 Å². The Hall–Kier alpha value is -1.11. The molecule has 3 aromatic rings. The minimum absolute atomic E-state index is 0.362. The summed E-state index contributed by atoms with van der Waals surface area (Å²) in [4.78, 5) is 0. The van der Waals surface area contributed by atoms with Crippen LogP contribution in [0.1, 0.15) is 24.0 Å². The number of rotatable bonds is 2. The molecule has 1 nitrogen and oxygen atoms in total. The van der Waals surface area contributed by atoms with Crippen LogP contribution in [-0.2, 0) is 12.6 Å². The second kappa shape index (κ2) is 5.22. The van der Waals surface area contributed by atoms with Gasteiger partial charge in [0, 0.05) is 20.8 Å². The molecule has 1 fully saturated rings. The van der Waals surface area contributed by atoms with Crippen LogP contribution in [0.5, 0.6) is 0 Å². The van der Waals surface area contributed by atoms with Gasteiger partial charge in [0.05, 0.1) is 5.56 Å². The number of hydrogen-bond donors (Lipinski definition) is 1. The van der Waals surface area contributed by atoms with Crippen molar-refractivity contribution in [1.29, 1.82) is 0 Å². The maximum Gasteiger partial charge on any atom is 0.418 e. The second-order valence-corrected chi connectivity index (χ2v) is 7.51. The molecule has 0 amide bonds. The molecule has 1 saturated heterocycles. The van der Waals surface area contributed by atoms with E-state index in [4.69, 9.17) is 0 Å². The molecule has 116 valence electrons. The maximum atomic E-state index is 13.5. The standard InChI is InChI=1S/C16H14F3NS2/c17-16(18,19)13-11-4-7-21-14(11)12(8-9-2-1-5-20-9)10-3-6-22-15(10)13/h3-4,6-7,9,20H,1-2,5,8H2/t9-/m0/s1. The summed E-state index contributed by atoms with van der Waals surface area (Å²) in [5.41, 5.74) is 0.616. The van der Waals surface area contributed by atoms with Crippen molar-refractivity contribution in [2.24, 2.45) is 0 Å². The van der Waals surface area contributed by atoms with Crippen molar-refractivity contribution >= 4 is 42.8 Å². The number of thiophene rings is 2. The van der Waals surface area contributed by atoms with E-state index in [9.17, 15) is 13.2 Å². The molecule has 1 atom stereocenters. The van der Waals surface area contributed by atoms with Gasteiger partial charge in [0.2, 0.25) is 0 Å². The first-order valence-electron chi connectivity index (χ1n) is 7.25. The molecule has 1 aliphatic heterocycles. The van der Waals surface area contributed by atoms with Crippen LogP contribution in [0.2, 0.25) is 0 Å². The van der Waals surface area contributed by atoms with Gasteiger partial charge in [0.15, 0.2) is 0 Å². The van der Waals surface area contributed by atoms with Crippen molar-refractivity contribution < 1.29 is 13.2 Å². The van der Waals surface area contributed by atoms with Crippen molar-refractivity contribution in [1.82, 2.24) is 5.32 Å². The fraction of sp³-hybridized carbons (Fsp3) is 0.375. The SMILES string of the molecule is FC(F)(F)c1c2ccsc2c(C[C@@H]2CCCN2)c2ccsc12. The molecule has 6 heteroatoms. The zero-order valence-corrected chi connectivity index (χ0v) is 13.3. The summed E-state index contributed by atoms with van der Waals surface area (Å²) in [6.07, 6.45) is -1.26. The van der Waals surface area contributed by atoms with Gasteiger partial charge in [0.1, 0.15) is 0 Å². The van der Waals surface area contributed by atoms with E-state index in [1.165, 1.54) is 22.7 Å². The summed E-state index contributed by atoms with van der Waals surface area (Å²) in [6.45, 7) is 1.01. The van der Waals surface area contributed by atoms with E-state index in [1.807, 2.05) is 6.07 Å². The molecule has 0 radical (unpaired) electrons. The summed E-state index contributed by atoms with van der Waals surface area (Å²) in [6, 6.07) is 3.84. The van der Waals surface area contributed by atoms with E-state index in [0.717, 1.165) is 41.5 Å². The van der Waals surface area contributed by atoms with E-state index in [-0.39, 0.29) is 0 Å². The molecule has 4 rings (SSSR count). The Bertz CT molecular complexity index is 773. The lowest BCUT2D eigenvalue weighted by Crippen LogP contribution is -2.23. The number of hydrogen-bond acceptors (Lipinski definition) is 3. The molecular formula is C16H14F3NS2. The Balaban J connectivity index is 1.99. The zero-order valence-electron chi connectivity index (χ0n) is 11.7. The van der Waals surface area contributed by atoms with Crippen molar-refractivity contribution in [2.45, 2.75) is 31.5 Å². The molecule has 0 unspecified atom stereocenters. The van der Waals surface area contributed by atoms with E-state index in [1.54, 1.807) is 16.8 Å². The lowest BCUT2D eigenvalue weighted by molar-refractivity contribution is -0.134. The molecule has 0 bridgehead atoms. The Kier molecular flexibility index (Phi) is 3.43. The van der Waals surface area contributed by atoms with Gasteiger partial charge in [-0.2, -0.15) is 13.2 Å². The molecule has 22 heavy (non-hydrogen) atoms. The van der Waals surface area contributed by atoms with Crippen LogP contribution in [0.25, 0.3) is 20.2 Å². The summed E-state index contributed by atoms with van der Waals surface area (Å²) < 4.78 is 41.8. The maximum absolute atomic E-state index is 13.5. The highest BCUT2D eigenvalue weighted by atomic mass is 32.1. The number of halogens is 3. The van der Waals surface area contributed by atoms with E-state index < -0.39 is 11.7 Å². The van der Waals surface area contributed by atoms with Crippen LogP contribution in [0, 0.1) is 0 Å². The Labute approximate surface area is 133 Å². The highest BCUT2D eigenvalue weighted by Gasteiger charge is 2.36. The zero-order chi connectivity index (χ0) is 15.3. The largest absolute Gasteiger partial charge is 0.418 e. The number of nitrogens with one attached hydrogen (secondary N) is 1. The lowest BCUT2D eigenvalue weighted by Gasteiger charge is -2.16. The van der Waals surface area contributed by atoms with Gasteiger partial charge in [-0.25, -0.2) is 0 Å². The first-order valence-corrected chi connectivity index (χ1v) is 9.01. The number of benzene rings is 1. The predicted octanol–water partition coefficient (Wildman–Crippen LogP) is 5.43.